The molecular formula is C27H28N4O6. The molecule has 1 saturated carbocycles. The number of amides is 1. The number of Topliss-reactive ketones (excluding diaryl/α,β-unsaturated/α-hetero) is 2. The van der Waals surface area contributed by atoms with Gasteiger partial charge in [-0.05, 0) is 48.4 Å². The number of hydrogen-bond donors (Lipinski definition) is 5. The Balaban J connectivity index is 1.61. The second kappa shape index (κ2) is 8.95. The molecule has 37 heavy (non-hydrogen) atoms. The van der Waals surface area contributed by atoms with Crippen molar-refractivity contribution in [2.24, 2.45) is 23.5 Å². The first-order chi connectivity index (χ1) is 17.6. The number of carbonyl (C=O) groups excluding carboxylic acids is 3. The normalized spacial score (nSPS) is 22.8. The van der Waals surface area contributed by atoms with Gasteiger partial charge in [-0.15, -0.1) is 0 Å². The van der Waals surface area contributed by atoms with Crippen LogP contribution in [0.2, 0.25) is 0 Å². The average Bonchev–Trinajstić information content (AvgIpc) is 2.83. The summed E-state index contributed by atoms with van der Waals surface area (Å²) >= 11 is 0. The third-order valence-corrected chi connectivity index (χ3v) is 7.55. The topological polar surface area (TPSA) is 166 Å². The molecule has 192 valence electrons. The number of allylic oxidation sites excluding steroid dienone is 2. The number of phenolic OH excluding ortho intramolecular Hbond substituents is 1. The third kappa shape index (κ3) is 3.89. The fourth-order valence-corrected chi connectivity index (χ4v) is 5.93. The summed E-state index contributed by atoms with van der Waals surface area (Å²) in [6.45, 7) is 0.218. The van der Waals surface area contributed by atoms with Gasteiger partial charge in [0.15, 0.2) is 11.6 Å². The van der Waals surface area contributed by atoms with Crippen LogP contribution in [0, 0.1) is 17.8 Å². The van der Waals surface area contributed by atoms with Gasteiger partial charge in [0.25, 0.3) is 5.91 Å². The summed E-state index contributed by atoms with van der Waals surface area (Å²) < 4.78 is 0. The number of aromatic nitrogens is 1. The number of nitrogens with zero attached hydrogens (tertiary/aromatic N) is 2. The number of aliphatic hydroxyl groups is 2. The van der Waals surface area contributed by atoms with E-state index in [0.29, 0.717) is 29.8 Å². The highest BCUT2D eigenvalue weighted by atomic mass is 16.3. The van der Waals surface area contributed by atoms with Gasteiger partial charge in [0.1, 0.15) is 28.7 Å². The molecular weight excluding hydrogens is 476 g/mol. The SMILES string of the molecule is CN(C)c1cc(CNc2ccccn2)c(O)c2c1C[C@H]1C[C@H]3CC(=O)C(C(N)=O)=C(O)C3C(=O)C1=C2O. The Morgan fingerprint density at radius 2 is 1.95 bits per heavy atom. The molecule has 0 bridgehead atoms. The van der Waals surface area contributed by atoms with Gasteiger partial charge in [-0.2, -0.15) is 0 Å². The van der Waals surface area contributed by atoms with E-state index in [9.17, 15) is 29.7 Å². The number of nitrogens with one attached hydrogen (secondary N) is 1. The molecule has 1 fully saturated rings. The van der Waals surface area contributed by atoms with Gasteiger partial charge in [0.2, 0.25) is 0 Å². The lowest BCUT2D eigenvalue weighted by atomic mass is 9.61. The van der Waals surface area contributed by atoms with Crippen molar-refractivity contribution in [3.05, 3.63) is 64.1 Å². The van der Waals surface area contributed by atoms with Crippen LogP contribution >= 0.6 is 0 Å². The van der Waals surface area contributed by atoms with Crippen LogP contribution in [0.1, 0.15) is 29.5 Å². The number of benzene rings is 1. The van der Waals surface area contributed by atoms with E-state index in [-0.39, 0.29) is 35.6 Å². The van der Waals surface area contributed by atoms with Crippen LogP contribution in [-0.4, -0.2) is 51.9 Å². The summed E-state index contributed by atoms with van der Waals surface area (Å²) in [6.07, 6.45) is 2.28. The predicted octanol–water partition coefficient (Wildman–Crippen LogP) is 2.38. The highest BCUT2D eigenvalue weighted by molar-refractivity contribution is 6.21. The zero-order chi connectivity index (χ0) is 26.6. The van der Waals surface area contributed by atoms with E-state index in [0.717, 1.165) is 5.69 Å². The highest BCUT2D eigenvalue weighted by Gasteiger charge is 2.51. The van der Waals surface area contributed by atoms with Gasteiger partial charge in [-0.3, -0.25) is 14.4 Å². The van der Waals surface area contributed by atoms with Crippen molar-refractivity contribution in [2.45, 2.75) is 25.8 Å². The van der Waals surface area contributed by atoms with E-state index in [4.69, 9.17) is 5.73 Å². The number of carbonyl (C=O) groups is 3. The number of phenols is 1. The standard InChI is InChI=1S/C27H28N4O6/c1-31(2)16-9-14(11-30-18-5-3-4-6-29-18)23(33)21-15(16)8-12-7-13-10-17(32)22(27(28)37)26(36)20(13)24(34)19(12)25(21)35/h3-6,9,12-13,20,33,35-36H,7-8,10-11H2,1-2H3,(H2,28,37)(H,29,30)/t12-,13+,20?/m1/s1. The number of primary amides is 1. The van der Waals surface area contributed by atoms with Gasteiger partial charge >= 0.3 is 0 Å². The van der Waals surface area contributed by atoms with Crippen molar-refractivity contribution in [3.8, 4) is 5.75 Å². The fourth-order valence-electron chi connectivity index (χ4n) is 5.93. The minimum atomic E-state index is -1.14. The molecule has 3 atom stereocenters. The minimum Gasteiger partial charge on any atom is -0.511 e. The van der Waals surface area contributed by atoms with Crippen molar-refractivity contribution in [2.75, 3.05) is 24.3 Å². The van der Waals surface area contributed by atoms with Crippen LogP contribution in [0.15, 0.2) is 47.4 Å². The Bertz CT molecular complexity index is 1400. The number of rotatable bonds is 5. The first-order valence-corrected chi connectivity index (χ1v) is 12.0. The molecule has 0 saturated heterocycles. The maximum atomic E-state index is 13.6. The number of aliphatic hydroxyl groups excluding tert-OH is 2. The number of ketones is 2. The molecule has 0 aliphatic heterocycles. The summed E-state index contributed by atoms with van der Waals surface area (Å²) in [5.41, 5.74) is 6.98. The molecule has 3 aliphatic carbocycles. The number of fused-ring (bicyclic) bond motifs is 3. The van der Waals surface area contributed by atoms with Crippen molar-refractivity contribution >= 4 is 34.7 Å². The molecule has 1 unspecified atom stereocenters. The first-order valence-electron chi connectivity index (χ1n) is 12.0. The monoisotopic (exact) mass is 504 g/mol. The largest absolute Gasteiger partial charge is 0.511 e. The first kappa shape index (κ1) is 24.4. The predicted molar refractivity (Wildman–Crippen MR) is 136 cm³/mol. The molecule has 1 aromatic carbocycles. The van der Waals surface area contributed by atoms with Gasteiger partial charge in [0, 0.05) is 50.1 Å². The molecule has 0 spiro atoms. The van der Waals surface area contributed by atoms with Crippen LogP contribution in [0.4, 0.5) is 11.5 Å². The van der Waals surface area contributed by atoms with Gasteiger partial charge < -0.3 is 31.3 Å². The molecule has 1 amide bonds. The lowest BCUT2D eigenvalue weighted by Gasteiger charge is -2.41. The second-order valence-electron chi connectivity index (χ2n) is 9.97. The fraction of sp³-hybridized carbons (Fsp3) is 0.333. The lowest BCUT2D eigenvalue weighted by molar-refractivity contribution is -0.127. The smallest absolute Gasteiger partial charge is 0.255 e. The van der Waals surface area contributed by atoms with E-state index in [1.165, 1.54) is 0 Å². The molecule has 1 heterocycles. The zero-order valence-electron chi connectivity index (χ0n) is 20.5. The summed E-state index contributed by atoms with van der Waals surface area (Å²) in [5.74, 6) is -4.80. The summed E-state index contributed by atoms with van der Waals surface area (Å²) in [4.78, 5) is 44.0. The number of anilines is 2. The van der Waals surface area contributed by atoms with E-state index >= 15 is 0 Å². The van der Waals surface area contributed by atoms with Crippen molar-refractivity contribution < 1.29 is 29.7 Å². The van der Waals surface area contributed by atoms with E-state index in [2.05, 4.69) is 10.3 Å². The molecule has 1 aromatic heterocycles. The van der Waals surface area contributed by atoms with Crippen LogP contribution in [0.25, 0.3) is 5.76 Å². The maximum Gasteiger partial charge on any atom is 0.255 e. The summed E-state index contributed by atoms with van der Waals surface area (Å²) in [6, 6.07) is 7.25. The van der Waals surface area contributed by atoms with Gasteiger partial charge in [0.05, 0.1) is 11.5 Å². The van der Waals surface area contributed by atoms with Crippen LogP contribution in [0.5, 0.6) is 5.75 Å². The number of nitrogens with two attached hydrogens (primary N) is 1. The average molecular weight is 505 g/mol. The molecule has 5 rings (SSSR count). The molecule has 6 N–H and O–H groups in total. The highest BCUT2D eigenvalue weighted by Crippen LogP contribution is 2.52. The molecule has 0 radical (unpaired) electrons. The Morgan fingerprint density at radius 1 is 1.19 bits per heavy atom. The van der Waals surface area contributed by atoms with E-state index in [1.807, 2.05) is 31.1 Å². The van der Waals surface area contributed by atoms with Crippen LogP contribution < -0.4 is 16.0 Å². The van der Waals surface area contributed by atoms with E-state index in [1.54, 1.807) is 18.3 Å². The zero-order valence-corrected chi connectivity index (χ0v) is 20.5. The minimum absolute atomic E-state index is 0.0833. The second-order valence-corrected chi connectivity index (χ2v) is 9.97. The van der Waals surface area contributed by atoms with Crippen molar-refractivity contribution in [3.63, 3.8) is 0 Å². The number of pyridine rings is 1. The third-order valence-electron chi connectivity index (χ3n) is 7.55. The molecule has 10 heteroatoms. The number of aromatic hydroxyl groups is 1. The Morgan fingerprint density at radius 3 is 2.59 bits per heavy atom. The summed E-state index contributed by atoms with van der Waals surface area (Å²) in [5, 5.41) is 36.5. The van der Waals surface area contributed by atoms with Crippen LogP contribution in [-0.2, 0) is 27.3 Å². The quantitative estimate of drug-likeness (QED) is 0.384. The maximum absolute atomic E-state index is 13.6. The Hall–Kier alpha value is -4.34. The number of hydrogen-bond acceptors (Lipinski definition) is 9. The lowest BCUT2D eigenvalue weighted by Crippen LogP contribution is -2.44. The Kier molecular flexibility index (Phi) is 5.89. The molecule has 10 nitrogen and oxygen atoms in total. The van der Waals surface area contributed by atoms with Crippen LogP contribution in [0.3, 0.4) is 0 Å². The van der Waals surface area contributed by atoms with Gasteiger partial charge in [-0.25, -0.2) is 4.98 Å². The summed E-state index contributed by atoms with van der Waals surface area (Å²) in [7, 11) is 3.71. The molecule has 2 aromatic rings. The van der Waals surface area contributed by atoms with Crippen molar-refractivity contribution in [1.82, 2.24) is 4.98 Å². The van der Waals surface area contributed by atoms with Crippen molar-refractivity contribution in [1.29, 1.82) is 0 Å². The Labute approximate surface area is 213 Å². The van der Waals surface area contributed by atoms with Gasteiger partial charge in [-0.1, -0.05) is 6.07 Å². The van der Waals surface area contributed by atoms with E-state index < -0.39 is 46.6 Å². The molecule has 3 aliphatic rings.